The molecule has 2 N–H and O–H groups in total. The van der Waals surface area contributed by atoms with Crippen LogP contribution in [0.3, 0.4) is 0 Å². The van der Waals surface area contributed by atoms with Gasteiger partial charge in [0.15, 0.2) is 18.1 Å². The molecule has 4 aromatic rings. The summed E-state index contributed by atoms with van der Waals surface area (Å²) in [5, 5.41) is 12.5. The van der Waals surface area contributed by atoms with Crippen molar-refractivity contribution in [3.05, 3.63) is 143 Å². The Balaban J connectivity index is 1.28. The largest absolute Gasteiger partial charge is 0.508 e. The van der Waals surface area contributed by atoms with E-state index in [9.17, 15) is 24.3 Å². The normalized spacial score (nSPS) is 18.8. The van der Waals surface area contributed by atoms with Crippen molar-refractivity contribution in [2.45, 2.75) is 30.4 Å². The molecule has 1 saturated heterocycles. The van der Waals surface area contributed by atoms with E-state index in [0.717, 1.165) is 4.90 Å². The summed E-state index contributed by atoms with van der Waals surface area (Å²) in [6, 6.07) is 30.8. The first-order valence-electron chi connectivity index (χ1n) is 16.1. The van der Waals surface area contributed by atoms with Crippen LogP contribution >= 0.6 is 11.6 Å². The summed E-state index contributed by atoms with van der Waals surface area (Å²) in [5.41, 5.74) is 0.391. The Morgan fingerprint density at radius 1 is 0.922 bits per heavy atom. The molecule has 1 fully saturated rings. The van der Waals surface area contributed by atoms with E-state index in [1.807, 2.05) is 60.7 Å². The molecule has 262 valence electrons. The summed E-state index contributed by atoms with van der Waals surface area (Å²) < 4.78 is 23.0. The van der Waals surface area contributed by atoms with E-state index in [1.54, 1.807) is 24.3 Å². The zero-order valence-electron chi connectivity index (χ0n) is 27.8. The number of rotatable bonds is 13. The van der Waals surface area contributed by atoms with Gasteiger partial charge >= 0.3 is 5.97 Å². The molecule has 12 heteroatoms. The molecule has 4 aromatic carbocycles. The number of amides is 2. The van der Waals surface area contributed by atoms with Crippen LogP contribution in [-0.4, -0.2) is 72.2 Å². The number of fused-ring (bicyclic) bond motifs is 1. The van der Waals surface area contributed by atoms with Crippen LogP contribution in [0, 0.1) is 0 Å². The van der Waals surface area contributed by atoms with Gasteiger partial charge in [-0.25, -0.2) is 4.79 Å². The fourth-order valence-electron chi connectivity index (χ4n) is 6.27. The molecule has 0 bridgehead atoms. The number of carbonyl (C=O) groups is 4. The molecule has 0 spiro atoms. The summed E-state index contributed by atoms with van der Waals surface area (Å²) in [4.78, 5) is 57.1. The van der Waals surface area contributed by atoms with Crippen LogP contribution in [0.25, 0.3) is 0 Å². The van der Waals surface area contributed by atoms with Gasteiger partial charge in [-0.15, -0.1) is 11.6 Å². The van der Waals surface area contributed by atoms with Crippen molar-refractivity contribution < 1.29 is 43.2 Å². The minimum absolute atomic E-state index is 0.0602. The third-order valence-corrected chi connectivity index (χ3v) is 9.17. The number of alkyl halides is 1. The molecule has 0 aromatic heterocycles. The Hall–Kier alpha value is -5.49. The monoisotopic (exact) mass is 710 g/mol. The lowest BCUT2D eigenvalue weighted by atomic mass is 9.88. The average molecular weight is 711 g/mol. The number of phenolic OH excluding ortho intramolecular Hbond substituents is 1. The summed E-state index contributed by atoms with van der Waals surface area (Å²) in [7, 11) is 2.72. The Labute approximate surface area is 299 Å². The van der Waals surface area contributed by atoms with Crippen LogP contribution in [0.5, 0.6) is 11.5 Å². The average Bonchev–Trinajstić information content (AvgIpc) is 3.16. The molecule has 0 saturated carbocycles. The topological polar surface area (TPSA) is 141 Å². The number of phenols is 1. The third-order valence-electron chi connectivity index (χ3n) is 8.85. The van der Waals surface area contributed by atoms with Crippen LogP contribution < -0.4 is 10.1 Å². The van der Waals surface area contributed by atoms with Gasteiger partial charge in [-0.3, -0.25) is 19.3 Å². The number of carbonyl (C=O) groups excluding carboxylic acids is 4. The van der Waals surface area contributed by atoms with Gasteiger partial charge < -0.3 is 29.4 Å². The smallest absolute Gasteiger partial charge is 0.356 e. The fraction of sp³-hybridized carbons (Fsp3) is 0.231. The molecule has 2 aliphatic heterocycles. The number of nitrogens with zero attached hydrogens (tertiary/aromatic N) is 1. The highest BCUT2D eigenvalue weighted by molar-refractivity contribution is 6.20. The van der Waals surface area contributed by atoms with Crippen LogP contribution in [0.1, 0.15) is 34.3 Å². The molecular formula is C39H35ClN2O9. The quantitative estimate of drug-likeness (QED) is 0.0660. The highest BCUT2D eigenvalue weighted by Gasteiger charge is 2.68. The first-order valence-corrected chi connectivity index (χ1v) is 16.6. The second-order valence-electron chi connectivity index (χ2n) is 12.0. The number of aromatic hydroxyl groups is 1. The minimum Gasteiger partial charge on any atom is -0.508 e. The van der Waals surface area contributed by atoms with E-state index in [1.165, 1.54) is 38.5 Å². The molecule has 2 unspecified atom stereocenters. The number of benzene rings is 4. The van der Waals surface area contributed by atoms with Crippen molar-refractivity contribution in [3.63, 3.8) is 0 Å². The standard InChI is InChI=1S/C39H35ClN2O9/c1-48-30-15-9-10-24(20-30)21-31(44)32(25-16-18-29(43)19-17-25)35(45)41-39(49-2)37(47)42-33(28(22-40)23-50-38(39)42)36(46)51-34(26-11-5-3-6-12-26)27-13-7-4-8-14-27/h3-20,32,34,38,43H,21-23H2,1-2H3,(H,41,45)/t32?,38?,39-/m1/s1. The Bertz CT molecular complexity index is 1910. The zero-order chi connectivity index (χ0) is 36.1. The van der Waals surface area contributed by atoms with Gasteiger partial charge in [0.1, 0.15) is 23.1 Å². The SMILES string of the molecule is COc1cccc(CC(=O)C(C(=O)N[C@@]2(OC)C(=O)N3C(C(=O)OC(c4ccccc4)c4ccccc4)=C(CCl)COC32)c2ccc(O)cc2)c1. The summed E-state index contributed by atoms with van der Waals surface area (Å²) in [6.45, 7) is -0.166. The Morgan fingerprint density at radius 3 is 2.16 bits per heavy atom. The van der Waals surface area contributed by atoms with Gasteiger partial charge in [0.25, 0.3) is 11.6 Å². The lowest BCUT2D eigenvalue weighted by Gasteiger charge is -2.55. The zero-order valence-corrected chi connectivity index (χ0v) is 28.5. The number of halogens is 1. The molecule has 6 rings (SSSR count). The molecule has 3 atom stereocenters. The van der Waals surface area contributed by atoms with Crippen molar-refractivity contribution in [2.75, 3.05) is 26.7 Å². The second-order valence-corrected chi connectivity index (χ2v) is 12.2. The molecule has 51 heavy (non-hydrogen) atoms. The highest BCUT2D eigenvalue weighted by Crippen LogP contribution is 2.42. The van der Waals surface area contributed by atoms with Crippen LogP contribution in [-0.2, 0) is 39.8 Å². The number of hydrogen-bond donors (Lipinski definition) is 2. The number of ether oxygens (including phenoxy) is 4. The first-order chi connectivity index (χ1) is 24.7. The maximum absolute atomic E-state index is 14.1. The van der Waals surface area contributed by atoms with E-state index in [-0.39, 0.29) is 35.9 Å². The van der Waals surface area contributed by atoms with Crippen LogP contribution in [0.4, 0.5) is 0 Å². The molecule has 11 nitrogen and oxygen atoms in total. The number of ketones is 1. The Kier molecular flexibility index (Phi) is 10.5. The first kappa shape index (κ1) is 35.3. The van der Waals surface area contributed by atoms with Gasteiger partial charge in [0.05, 0.1) is 13.7 Å². The van der Waals surface area contributed by atoms with Crippen molar-refractivity contribution in [1.29, 1.82) is 0 Å². The maximum Gasteiger partial charge on any atom is 0.356 e. The minimum atomic E-state index is -2.09. The lowest BCUT2D eigenvalue weighted by Crippen LogP contribution is -2.83. The van der Waals surface area contributed by atoms with Crippen molar-refractivity contribution in [2.24, 2.45) is 0 Å². The molecule has 0 aliphatic carbocycles. The predicted octanol–water partition coefficient (Wildman–Crippen LogP) is 4.78. The number of β-lactam (4-membered cyclic amide) rings is 1. The number of nitrogens with one attached hydrogen (secondary N) is 1. The number of Topliss-reactive ketones (excluding diaryl/α,β-unsaturated/α-hetero) is 1. The molecule has 0 radical (unpaired) electrons. The lowest BCUT2D eigenvalue weighted by molar-refractivity contribution is -0.258. The number of methoxy groups -OCH3 is 2. The molecule has 2 amide bonds. The summed E-state index contributed by atoms with van der Waals surface area (Å²) in [6.07, 6.45) is -2.25. The van der Waals surface area contributed by atoms with Gasteiger partial charge in [0, 0.05) is 25.0 Å². The number of esters is 1. The van der Waals surface area contributed by atoms with Gasteiger partial charge in [0.2, 0.25) is 5.91 Å². The highest BCUT2D eigenvalue weighted by atomic mass is 35.5. The van der Waals surface area contributed by atoms with Crippen molar-refractivity contribution in [3.8, 4) is 11.5 Å². The maximum atomic E-state index is 14.1. The predicted molar refractivity (Wildman–Crippen MR) is 186 cm³/mol. The van der Waals surface area contributed by atoms with Crippen molar-refractivity contribution >= 4 is 35.2 Å². The van der Waals surface area contributed by atoms with Crippen molar-refractivity contribution in [1.82, 2.24) is 10.2 Å². The van der Waals surface area contributed by atoms with E-state index in [2.05, 4.69) is 5.32 Å². The molecule has 2 aliphatic rings. The van der Waals surface area contributed by atoms with Gasteiger partial charge in [-0.05, 0) is 46.5 Å². The second kappa shape index (κ2) is 15.2. The third kappa shape index (κ3) is 6.96. The summed E-state index contributed by atoms with van der Waals surface area (Å²) >= 11 is 6.26. The van der Waals surface area contributed by atoms with E-state index < -0.39 is 47.5 Å². The summed E-state index contributed by atoms with van der Waals surface area (Å²) in [5.74, 6) is -4.06. The van der Waals surface area contributed by atoms with Gasteiger partial charge in [-0.2, -0.15) is 0 Å². The van der Waals surface area contributed by atoms with E-state index in [0.29, 0.717) is 28.0 Å². The van der Waals surface area contributed by atoms with Gasteiger partial charge in [-0.1, -0.05) is 84.9 Å². The fourth-order valence-corrected chi connectivity index (χ4v) is 6.48. The number of hydrogen-bond acceptors (Lipinski definition) is 9. The van der Waals surface area contributed by atoms with Crippen LogP contribution in [0.2, 0.25) is 0 Å². The van der Waals surface area contributed by atoms with Crippen LogP contribution in [0.15, 0.2) is 120 Å². The Morgan fingerprint density at radius 2 is 1.57 bits per heavy atom. The molecule has 2 heterocycles. The van der Waals surface area contributed by atoms with E-state index in [4.69, 9.17) is 30.5 Å². The molecular weight excluding hydrogens is 676 g/mol. The van der Waals surface area contributed by atoms with E-state index >= 15 is 0 Å².